The van der Waals surface area contributed by atoms with E-state index >= 15 is 0 Å². The first-order valence-corrected chi connectivity index (χ1v) is 4.42. The number of hydrogen-bond donors (Lipinski definition) is 1. The highest BCUT2D eigenvalue weighted by Gasteiger charge is 2.40. The van der Waals surface area contributed by atoms with Gasteiger partial charge in [-0.3, -0.25) is 4.79 Å². The number of carbonyl (C=O) groups excluding carboxylic acids is 1. The highest BCUT2D eigenvalue weighted by molar-refractivity contribution is 5.77. The molecule has 0 unspecified atom stereocenters. The maximum Gasteiger partial charge on any atom is 0.224 e. The summed E-state index contributed by atoms with van der Waals surface area (Å²) in [5.74, 6) is 0.188. The second kappa shape index (κ2) is 3.03. The van der Waals surface area contributed by atoms with E-state index in [1.807, 2.05) is 4.90 Å². The molecule has 4 nitrogen and oxygen atoms in total. The molecule has 2 aliphatic rings. The Labute approximate surface area is 71.7 Å². The van der Waals surface area contributed by atoms with Crippen molar-refractivity contribution >= 4 is 5.91 Å². The highest BCUT2D eigenvalue weighted by atomic mass is 16.5. The van der Waals surface area contributed by atoms with Crippen molar-refractivity contribution in [1.29, 1.82) is 0 Å². The number of fused-ring (bicyclic) bond motifs is 2. The molecule has 2 N–H and O–H groups in total. The van der Waals surface area contributed by atoms with E-state index in [0.717, 1.165) is 19.6 Å². The van der Waals surface area contributed by atoms with Crippen LogP contribution in [-0.4, -0.2) is 42.6 Å². The first-order chi connectivity index (χ1) is 5.81. The van der Waals surface area contributed by atoms with Crippen LogP contribution in [0.4, 0.5) is 0 Å². The van der Waals surface area contributed by atoms with E-state index < -0.39 is 0 Å². The lowest BCUT2D eigenvalue weighted by Gasteiger charge is -2.26. The van der Waals surface area contributed by atoms with Gasteiger partial charge in [-0.05, 0) is 6.42 Å². The SMILES string of the molecule is NCCC(=O)N1C[C@H]2C[C@H]1CO2. The van der Waals surface area contributed by atoms with Gasteiger partial charge in [0.25, 0.3) is 0 Å². The molecule has 4 heteroatoms. The Hall–Kier alpha value is -0.610. The molecule has 0 aliphatic carbocycles. The molecule has 2 atom stereocenters. The minimum absolute atomic E-state index is 0.188. The zero-order chi connectivity index (χ0) is 8.55. The molecule has 0 saturated carbocycles. The number of nitrogens with two attached hydrogens (primary N) is 1. The minimum Gasteiger partial charge on any atom is -0.374 e. The van der Waals surface area contributed by atoms with Crippen molar-refractivity contribution in [3.05, 3.63) is 0 Å². The maximum absolute atomic E-state index is 11.4. The number of ether oxygens (including phenoxy) is 1. The van der Waals surface area contributed by atoms with Gasteiger partial charge in [-0.15, -0.1) is 0 Å². The summed E-state index contributed by atoms with van der Waals surface area (Å²) in [6.45, 7) is 1.96. The largest absolute Gasteiger partial charge is 0.374 e. The van der Waals surface area contributed by atoms with Crippen molar-refractivity contribution in [1.82, 2.24) is 4.90 Å². The summed E-state index contributed by atoms with van der Waals surface area (Å²) in [5, 5.41) is 0. The number of amides is 1. The van der Waals surface area contributed by atoms with E-state index in [9.17, 15) is 4.79 Å². The number of morpholine rings is 1. The predicted molar refractivity (Wildman–Crippen MR) is 43.5 cm³/mol. The predicted octanol–water partition coefficient (Wildman–Crippen LogP) is -0.665. The number of carbonyl (C=O) groups is 1. The Morgan fingerprint density at radius 2 is 2.50 bits per heavy atom. The smallest absolute Gasteiger partial charge is 0.224 e. The molecule has 0 aromatic heterocycles. The van der Waals surface area contributed by atoms with Crippen molar-refractivity contribution < 1.29 is 9.53 Å². The van der Waals surface area contributed by atoms with Gasteiger partial charge in [-0.25, -0.2) is 0 Å². The monoisotopic (exact) mass is 170 g/mol. The summed E-state index contributed by atoms with van der Waals surface area (Å²) < 4.78 is 5.39. The van der Waals surface area contributed by atoms with Crippen molar-refractivity contribution in [2.75, 3.05) is 19.7 Å². The summed E-state index contributed by atoms with van der Waals surface area (Å²) in [4.78, 5) is 13.3. The summed E-state index contributed by atoms with van der Waals surface area (Å²) >= 11 is 0. The molecule has 68 valence electrons. The lowest BCUT2D eigenvalue weighted by molar-refractivity contribution is -0.135. The Balaban J connectivity index is 1.93. The quantitative estimate of drug-likeness (QED) is 0.598. The van der Waals surface area contributed by atoms with Crippen molar-refractivity contribution in [3.8, 4) is 0 Å². The van der Waals surface area contributed by atoms with Crippen LogP contribution in [0.1, 0.15) is 12.8 Å². The maximum atomic E-state index is 11.4. The average molecular weight is 170 g/mol. The van der Waals surface area contributed by atoms with Crippen LogP contribution >= 0.6 is 0 Å². The molecule has 2 aliphatic heterocycles. The fourth-order valence-electron chi connectivity index (χ4n) is 1.97. The van der Waals surface area contributed by atoms with Gasteiger partial charge in [0.05, 0.1) is 18.8 Å². The Morgan fingerprint density at radius 3 is 3.00 bits per heavy atom. The van der Waals surface area contributed by atoms with Gasteiger partial charge in [-0.2, -0.15) is 0 Å². The number of nitrogens with zero attached hydrogens (tertiary/aromatic N) is 1. The Kier molecular flexibility index (Phi) is 2.02. The van der Waals surface area contributed by atoms with Crippen molar-refractivity contribution in [2.24, 2.45) is 5.73 Å². The van der Waals surface area contributed by atoms with Crippen LogP contribution in [0.15, 0.2) is 0 Å². The Bertz CT molecular complexity index is 195. The van der Waals surface area contributed by atoms with Gasteiger partial charge in [0.2, 0.25) is 5.91 Å². The minimum atomic E-state index is 0.188. The molecular formula is C8H14N2O2. The topological polar surface area (TPSA) is 55.6 Å². The zero-order valence-electron chi connectivity index (χ0n) is 7.03. The van der Waals surface area contributed by atoms with Crippen LogP contribution < -0.4 is 5.73 Å². The van der Waals surface area contributed by atoms with Gasteiger partial charge in [0.15, 0.2) is 0 Å². The molecule has 0 radical (unpaired) electrons. The van der Waals surface area contributed by atoms with Crippen LogP contribution in [0.25, 0.3) is 0 Å². The molecule has 2 fully saturated rings. The Morgan fingerprint density at radius 1 is 1.67 bits per heavy atom. The van der Waals surface area contributed by atoms with Crippen molar-refractivity contribution in [2.45, 2.75) is 25.0 Å². The van der Waals surface area contributed by atoms with Gasteiger partial charge in [-0.1, -0.05) is 0 Å². The first-order valence-electron chi connectivity index (χ1n) is 4.42. The van der Waals surface area contributed by atoms with Crippen LogP contribution in [0.3, 0.4) is 0 Å². The molecule has 0 spiro atoms. The normalized spacial score (nSPS) is 32.9. The second-order valence-electron chi connectivity index (χ2n) is 3.43. The number of hydrogen-bond acceptors (Lipinski definition) is 3. The number of rotatable bonds is 2. The molecule has 0 aromatic carbocycles. The fourth-order valence-corrected chi connectivity index (χ4v) is 1.97. The van der Waals surface area contributed by atoms with Gasteiger partial charge in [0.1, 0.15) is 0 Å². The van der Waals surface area contributed by atoms with Crippen LogP contribution in [0, 0.1) is 0 Å². The van der Waals surface area contributed by atoms with E-state index in [-0.39, 0.29) is 5.91 Å². The molecule has 2 heterocycles. The van der Waals surface area contributed by atoms with Crippen LogP contribution in [0.2, 0.25) is 0 Å². The number of likely N-dealkylation sites (tertiary alicyclic amines) is 1. The third-order valence-electron chi connectivity index (χ3n) is 2.58. The molecule has 2 bridgehead atoms. The first kappa shape index (κ1) is 8.01. The van der Waals surface area contributed by atoms with Crippen LogP contribution in [-0.2, 0) is 9.53 Å². The van der Waals surface area contributed by atoms with E-state index in [0.29, 0.717) is 25.1 Å². The summed E-state index contributed by atoms with van der Waals surface area (Å²) in [5.41, 5.74) is 5.32. The third kappa shape index (κ3) is 1.21. The molecule has 2 rings (SSSR count). The summed E-state index contributed by atoms with van der Waals surface area (Å²) in [7, 11) is 0. The molecular weight excluding hydrogens is 156 g/mol. The summed E-state index contributed by atoms with van der Waals surface area (Å²) in [6.07, 6.45) is 1.80. The zero-order valence-corrected chi connectivity index (χ0v) is 7.03. The third-order valence-corrected chi connectivity index (χ3v) is 2.58. The molecule has 1 amide bonds. The van der Waals surface area contributed by atoms with E-state index in [2.05, 4.69) is 0 Å². The van der Waals surface area contributed by atoms with Gasteiger partial charge in [0, 0.05) is 19.5 Å². The van der Waals surface area contributed by atoms with Gasteiger partial charge < -0.3 is 15.4 Å². The average Bonchev–Trinajstić information content (AvgIpc) is 2.64. The van der Waals surface area contributed by atoms with E-state index in [4.69, 9.17) is 10.5 Å². The molecule has 0 aromatic rings. The molecule has 2 saturated heterocycles. The lowest BCUT2D eigenvalue weighted by atomic mass is 10.2. The molecule has 12 heavy (non-hydrogen) atoms. The lowest BCUT2D eigenvalue weighted by Crippen LogP contribution is -2.42. The van der Waals surface area contributed by atoms with E-state index in [1.54, 1.807) is 0 Å². The highest BCUT2D eigenvalue weighted by Crippen LogP contribution is 2.27. The summed E-state index contributed by atoms with van der Waals surface area (Å²) in [6, 6.07) is 0.342. The van der Waals surface area contributed by atoms with Crippen LogP contribution in [0.5, 0.6) is 0 Å². The van der Waals surface area contributed by atoms with E-state index in [1.165, 1.54) is 0 Å². The standard InChI is InChI=1S/C8H14N2O2/c9-2-1-8(11)10-4-7-3-6(10)5-12-7/h6-7H,1-5,9H2/t6-,7+/m0/s1. The fraction of sp³-hybridized carbons (Fsp3) is 0.875. The van der Waals surface area contributed by atoms with Crippen molar-refractivity contribution in [3.63, 3.8) is 0 Å². The van der Waals surface area contributed by atoms with Gasteiger partial charge >= 0.3 is 0 Å². The second-order valence-corrected chi connectivity index (χ2v) is 3.43.